The first kappa shape index (κ1) is 15.7. The second-order valence-electron chi connectivity index (χ2n) is 5.49. The summed E-state index contributed by atoms with van der Waals surface area (Å²) in [6, 6.07) is 14.2. The molecule has 6 nitrogen and oxygen atoms in total. The SMILES string of the molecule is Cc1nnc(NCCNc2ccc3ccccc3n2)c(C#N)c1C. The number of pyridine rings is 1. The van der Waals surface area contributed by atoms with Gasteiger partial charge in [0, 0.05) is 18.5 Å². The molecule has 3 rings (SSSR count). The summed E-state index contributed by atoms with van der Waals surface area (Å²) in [7, 11) is 0. The van der Waals surface area contributed by atoms with Gasteiger partial charge in [0.15, 0.2) is 5.82 Å². The lowest BCUT2D eigenvalue weighted by atomic mass is 10.1. The summed E-state index contributed by atoms with van der Waals surface area (Å²) in [5.41, 5.74) is 3.14. The van der Waals surface area contributed by atoms with Gasteiger partial charge in [-0.3, -0.25) is 0 Å². The number of rotatable bonds is 5. The molecule has 24 heavy (non-hydrogen) atoms. The third-order valence-corrected chi connectivity index (χ3v) is 3.89. The molecule has 0 aliphatic heterocycles. The van der Waals surface area contributed by atoms with E-state index in [4.69, 9.17) is 0 Å². The van der Waals surface area contributed by atoms with Crippen LogP contribution in [0.5, 0.6) is 0 Å². The van der Waals surface area contributed by atoms with Crippen molar-refractivity contribution in [1.82, 2.24) is 15.2 Å². The molecule has 0 saturated carbocycles. The second-order valence-corrected chi connectivity index (χ2v) is 5.49. The molecule has 0 atom stereocenters. The Balaban J connectivity index is 1.61. The molecular weight excluding hydrogens is 300 g/mol. The van der Waals surface area contributed by atoms with E-state index in [1.54, 1.807) is 0 Å². The maximum atomic E-state index is 9.28. The van der Waals surface area contributed by atoms with Gasteiger partial charge in [-0.25, -0.2) is 4.98 Å². The largest absolute Gasteiger partial charge is 0.368 e. The smallest absolute Gasteiger partial charge is 0.166 e. The molecule has 0 aliphatic carbocycles. The van der Waals surface area contributed by atoms with Gasteiger partial charge in [0.05, 0.1) is 11.2 Å². The Labute approximate surface area is 140 Å². The van der Waals surface area contributed by atoms with Crippen LogP contribution in [0.25, 0.3) is 10.9 Å². The van der Waals surface area contributed by atoms with Crippen molar-refractivity contribution in [2.24, 2.45) is 0 Å². The van der Waals surface area contributed by atoms with E-state index in [0.29, 0.717) is 24.5 Å². The van der Waals surface area contributed by atoms with E-state index >= 15 is 0 Å². The molecule has 3 aromatic rings. The lowest BCUT2D eigenvalue weighted by Gasteiger charge is -2.10. The highest BCUT2D eigenvalue weighted by Crippen LogP contribution is 2.17. The molecule has 0 fully saturated rings. The van der Waals surface area contributed by atoms with Crippen molar-refractivity contribution in [2.45, 2.75) is 13.8 Å². The third-order valence-electron chi connectivity index (χ3n) is 3.89. The number of benzene rings is 1. The first-order valence-electron chi connectivity index (χ1n) is 7.76. The number of aromatic nitrogens is 3. The predicted octanol–water partition coefficient (Wildman–Crippen LogP) is 3.04. The fourth-order valence-corrected chi connectivity index (χ4v) is 2.41. The number of para-hydroxylation sites is 1. The van der Waals surface area contributed by atoms with E-state index in [9.17, 15) is 5.26 Å². The molecule has 2 N–H and O–H groups in total. The molecule has 1 aromatic carbocycles. The molecule has 2 aromatic heterocycles. The summed E-state index contributed by atoms with van der Waals surface area (Å²) in [6.45, 7) is 5.00. The lowest BCUT2D eigenvalue weighted by molar-refractivity contribution is 0.937. The van der Waals surface area contributed by atoms with Crippen LogP contribution in [-0.2, 0) is 0 Å². The molecular formula is C18H18N6. The predicted molar refractivity (Wildman–Crippen MR) is 94.9 cm³/mol. The van der Waals surface area contributed by atoms with Gasteiger partial charge in [0.2, 0.25) is 0 Å². The molecule has 6 heteroatoms. The van der Waals surface area contributed by atoms with Crippen molar-refractivity contribution in [3.8, 4) is 6.07 Å². The zero-order chi connectivity index (χ0) is 16.9. The van der Waals surface area contributed by atoms with Crippen LogP contribution < -0.4 is 10.6 Å². The molecule has 0 radical (unpaired) electrons. The van der Waals surface area contributed by atoms with Gasteiger partial charge >= 0.3 is 0 Å². The van der Waals surface area contributed by atoms with Crippen molar-refractivity contribution >= 4 is 22.5 Å². The van der Waals surface area contributed by atoms with Crippen molar-refractivity contribution in [2.75, 3.05) is 23.7 Å². The number of hydrogen-bond acceptors (Lipinski definition) is 6. The second kappa shape index (κ2) is 6.92. The molecule has 0 amide bonds. The third kappa shape index (κ3) is 3.25. The topological polar surface area (TPSA) is 86.5 Å². The van der Waals surface area contributed by atoms with Crippen LogP contribution in [0.15, 0.2) is 36.4 Å². The minimum absolute atomic E-state index is 0.522. The summed E-state index contributed by atoms with van der Waals surface area (Å²) >= 11 is 0. The Kier molecular flexibility index (Phi) is 4.52. The normalized spacial score (nSPS) is 10.4. The van der Waals surface area contributed by atoms with Crippen LogP contribution in [0.4, 0.5) is 11.6 Å². The Hall–Kier alpha value is -3.20. The van der Waals surface area contributed by atoms with Crippen LogP contribution in [0.3, 0.4) is 0 Å². The summed E-state index contributed by atoms with van der Waals surface area (Å²) in [5, 5.41) is 24.9. The zero-order valence-electron chi connectivity index (χ0n) is 13.7. The van der Waals surface area contributed by atoms with Crippen molar-refractivity contribution in [3.05, 3.63) is 53.2 Å². The van der Waals surface area contributed by atoms with Crippen molar-refractivity contribution in [3.63, 3.8) is 0 Å². The minimum atomic E-state index is 0.522. The Morgan fingerprint density at radius 3 is 2.62 bits per heavy atom. The lowest BCUT2D eigenvalue weighted by Crippen LogP contribution is -2.16. The van der Waals surface area contributed by atoms with Crippen LogP contribution >= 0.6 is 0 Å². The summed E-state index contributed by atoms with van der Waals surface area (Å²) in [5.74, 6) is 1.34. The Morgan fingerprint density at radius 2 is 1.79 bits per heavy atom. The van der Waals surface area contributed by atoms with Gasteiger partial charge in [-0.05, 0) is 37.6 Å². The molecule has 0 spiro atoms. The van der Waals surface area contributed by atoms with Gasteiger partial charge in [-0.15, -0.1) is 5.10 Å². The number of aryl methyl sites for hydroxylation is 1. The van der Waals surface area contributed by atoms with E-state index in [0.717, 1.165) is 28.0 Å². The zero-order valence-corrected chi connectivity index (χ0v) is 13.7. The van der Waals surface area contributed by atoms with Crippen molar-refractivity contribution in [1.29, 1.82) is 5.26 Å². The Bertz CT molecular complexity index is 913. The van der Waals surface area contributed by atoms with Crippen LogP contribution in [0, 0.1) is 25.2 Å². The monoisotopic (exact) mass is 318 g/mol. The average molecular weight is 318 g/mol. The van der Waals surface area contributed by atoms with Gasteiger partial charge in [-0.2, -0.15) is 10.4 Å². The fourth-order valence-electron chi connectivity index (χ4n) is 2.41. The van der Waals surface area contributed by atoms with Crippen LogP contribution in [-0.4, -0.2) is 28.3 Å². The first-order chi connectivity index (χ1) is 11.7. The highest BCUT2D eigenvalue weighted by Gasteiger charge is 2.09. The highest BCUT2D eigenvalue weighted by molar-refractivity contribution is 5.80. The van der Waals surface area contributed by atoms with E-state index in [1.807, 2.05) is 50.2 Å². The summed E-state index contributed by atoms with van der Waals surface area (Å²) in [6.07, 6.45) is 0. The number of anilines is 2. The summed E-state index contributed by atoms with van der Waals surface area (Å²) < 4.78 is 0. The van der Waals surface area contributed by atoms with E-state index < -0.39 is 0 Å². The molecule has 0 unspecified atom stereocenters. The Morgan fingerprint density at radius 1 is 1.00 bits per heavy atom. The number of nitrogens with zero attached hydrogens (tertiary/aromatic N) is 4. The molecule has 0 saturated heterocycles. The minimum Gasteiger partial charge on any atom is -0.368 e. The number of fused-ring (bicyclic) bond motifs is 1. The van der Waals surface area contributed by atoms with Gasteiger partial charge in [0.1, 0.15) is 17.5 Å². The standard InChI is InChI=1S/C18H18N6/c1-12-13(2)23-24-18(15(12)11-19)21-10-9-20-17-8-7-14-5-3-4-6-16(14)22-17/h3-8H,9-10H2,1-2H3,(H,20,22)(H,21,24). The van der Waals surface area contributed by atoms with Gasteiger partial charge in [-0.1, -0.05) is 18.2 Å². The summed E-state index contributed by atoms with van der Waals surface area (Å²) in [4.78, 5) is 4.56. The average Bonchev–Trinajstić information content (AvgIpc) is 2.61. The first-order valence-corrected chi connectivity index (χ1v) is 7.76. The quantitative estimate of drug-likeness (QED) is 0.703. The maximum Gasteiger partial charge on any atom is 0.166 e. The number of nitriles is 1. The fraction of sp³-hybridized carbons (Fsp3) is 0.222. The van der Waals surface area contributed by atoms with E-state index in [-0.39, 0.29) is 0 Å². The number of nitrogens with one attached hydrogen (secondary N) is 2. The van der Waals surface area contributed by atoms with Crippen LogP contribution in [0.2, 0.25) is 0 Å². The van der Waals surface area contributed by atoms with Crippen molar-refractivity contribution < 1.29 is 0 Å². The van der Waals surface area contributed by atoms with Gasteiger partial charge in [0.25, 0.3) is 0 Å². The van der Waals surface area contributed by atoms with E-state index in [2.05, 4.69) is 31.9 Å². The van der Waals surface area contributed by atoms with Crippen LogP contribution in [0.1, 0.15) is 16.8 Å². The number of hydrogen-bond donors (Lipinski definition) is 2. The molecule has 0 bridgehead atoms. The molecule has 0 aliphatic rings. The highest BCUT2D eigenvalue weighted by atomic mass is 15.2. The van der Waals surface area contributed by atoms with E-state index in [1.165, 1.54) is 0 Å². The van der Waals surface area contributed by atoms with Gasteiger partial charge < -0.3 is 10.6 Å². The maximum absolute atomic E-state index is 9.28. The molecule has 120 valence electrons. The molecule has 2 heterocycles.